The minimum Gasteiger partial charge on any atom is -0.441 e. The van der Waals surface area contributed by atoms with Gasteiger partial charge in [-0.25, -0.2) is 0 Å². The molecule has 0 spiro atoms. The van der Waals surface area contributed by atoms with Gasteiger partial charge in [-0.1, -0.05) is 0 Å². The number of carbonyl (C=O) groups is 1. The highest BCUT2D eigenvalue weighted by Crippen LogP contribution is 2.22. The van der Waals surface area contributed by atoms with E-state index in [0.29, 0.717) is 19.7 Å². The largest absolute Gasteiger partial charge is 0.441 e. The Kier molecular flexibility index (Phi) is 3.65. The summed E-state index contributed by atoms with van der Waals surface area (Å²) in [5.41, 5.74) is 0. The summed E-state index contributed by atoms with van der Waals surface area (Å²) in [6.45, 7) is 4.87. The summed E-state index contributed by atoms with van der Waals surface area (Å²) in [7, 11) is 0. The number of hydrogen-bond acceptors (Lipinski definition) is 5. The minimum atomic E-state index is -0.528. The lowest BCUT2D eigenvalue weighted by Gasteiger charge is -2.16. The molecule has 0 radical (unpaired) electrons. The molecule has 76 valence electrons. The Hall–Kier alpha value is -0.650. The van der Waals surface area contributed by atoms with Crippen LogP contribution in [0.15, 0.2) is 0 Å². The van der Waals surface area contributed by atoms with Crippen LogP contribution in [0.3, 0.4) is 0 Å². The molecule has 1 unspecified atom stereocenters. The van der Waals surface area contributed by atoms with Crippen LogP contribution < -0.4 is 0 Å². The smallest absolute Gasteiger partial charge is 0.295 e. The van der Waals surface area contributed by atoms with E-state index in [1.165, 1.54) is 0 Å². The van der Waals surface area contributed by atoms with Crippen molar-refractivity contribution >= 4 is 6.47 Å². The molecule has 0 aliphatic carbocycles. The highest BCUT2D eigenvalue weighted by Gasteiger charge is 2.32. The number of carbonyl (C=O) groups excluding carboxylic acids is 1. The molecule has 1 rings (SSSR count). The van der Waals surface area contributed by atoms with Gasteiger partial charge in [-0.2, -0.15) is 0 Å². The molecule has 1 fully saturated rings. The zero-order valence-electron chi connectivity index (χ0n) is 7.82. The van der Waals surface area contributed by atoms with Crippen LogP contribution >= 0.6 is 0 Å². The third-order valence-electron chi connectivity index (χ3n) is 1.59. The molecule has 0 N–H and O–H groups in total. The zero-order chi connectivity index (χ0) is 9.73. The predicted octanol–water partition coefficient (Wildman–Crippen LogP) is 0.285. The van der Waals surface area contributed by atoms with Crippen LogP contribution in [0.25, 0.3) is 0 Å². The van der Waals surface area contributed by atoms with E-state index in [9.17, 15) is 4.79 Å². The first-order valence-corrected chi connectivity index (χ1v) is 4.09. The fourth-order valence-electron chi connectivity index (χ4n) is 1.10. The third-order valence-corrected chi connectivity index (χ3v) is 1.59. The van der Waals surface area contributed by atoms with Gasteiger partial charge in [0.25, 0.3) is 6.47 Å². The van der Waals surface area contributed by atoms with Crippen molar-refractivity contribution in [3.05, 3.63) is 0 Å². The van der Waals surface area contributed by atoms with Crippen LogP contribution in [0, 0.1) is 0 Å². The van der Waals surface area contributed by atoms with E-state index in [-0.39, 0.29) is 12.9 Å². The van der Waals surface area contributed by atoms with E-state index in [2.05, 4.69) is 4.74 Å². The highest BCUT2D eigenvalue weighted by atomic mass is 16.8. The molecule has 13 heavy (non-hydrogen) atoms. The topological polar surface area (TPSA) is 54.0 Å². The van der Waals surface area contributed by atoms with Crippen molar-refractivity contribution in [1.29, 1.82) is 0 Å². The first kappa shape index (κ1) is 10.4. The monoisotopic (exact) mass is 190 g/mol. The van der Waals surface area contributed by atoms with Crippen molar-refractivity contribution < 1.29 is 23.7 Å². The normalized spacial score (nSPS) is 25.8. The van der Waals surface area contributed by atoms with Gasteiger partial charge in [-0.05, 0) is 13.8 Å². The lowest BCUT2D eigenvalue weighted by atomic mass is 10.4. The van der Waals surface area contributed by atoms with E-state index >= 15 is 0 Å². The highest BCUT2D eigenvalue weighted by molar-refractivity contribution is 5.36. The molecule has 1 atom stereocenters. The molecule has 5 nitrogen and oxygen atoms in total. The molecular formula is C8H14O5. The molecule has 1 heterocycles. The fourth-order valence-corrected chi connectivity index (χ4v) is 1.10. The zero-order valence-corrected chi connectivity index (χ0v) is 7.82. The Balaban J connectivity index is 2.07. The van der Waals surface area contributed by atoms with Gasteiger partial charge in [-0.15, -0.1) is 0 Å². The van der Waals surface area contributed by atoms with Crippen molar-refractivity contribution in [2.24, 2.45) is 0 Å². The van der Waals surface area contributed by atoms with E-state index < -0.39 is 5.79 Å². The van der Waals surface area contributed by atoms with Crippen LogP contribution in [0.5, 0.6) is 0 Å². The standard InChI is InChI=1S/C8H14O5/c1-8(2)12-4-7(13-8)3-10-6-11-5-9/h5,7H,3-4,6H2,1-2H3. The maximum atomic E-state index is 9.75. The molecule has 0 saturated carbocycles. The Labute approximate surface area is 76.9 Å². The lowest BCUT2D eigenvalue weighted by Crippen LogP contribution is -2.24. The van der Waals surface area contributed by atoms with Crippen LogP contribution in [-0.2, 0) is 23.7 Å². The van der Waals surface area contributed by atoms with Gasteiger partial charge in [0.1, 0.15) is 6.10 Å². The van der Waals surface area contributed by atoms with Gasteiger partial charge in [0.2, 0.25) is 0 Å². The molecule has 1 aliphatic heterocycles. The Morgan fingerprint density at radius 1 is 1.62 bits per heavy atom. The second kappa shape index (κ2) is 4.55. The molecule has 1 saturated heterocycles. The summed E-state index contributed by atoms with van der Waals surface area (Å²) < 4.78 is 20.1. The maximum absolute atomic E-state index is 9.75. The average Bonchev–Trinajstić information content (AvgIpc) is 2.40. The second-order valence-electron chi connectivity index (χ2n) is 3.20. The molecule has 0 aromatic carbocycles. The van der Waals surface area contributed by atoms with Crippen LogP contribution in [0.2, 0.25) is 0 Å². The average molecular weight is 190 g/mol. The van der Waals surface area contributed by atoms with Crippen molar-refractivity contribution in [3.8, 4) is 0 Å². The predicted molar refractivity (Wildman–Crippen MR) is 42.9 cm³/mol. The number of ether oxygens (including phenoxy) is 4. The summed E-state index contributed by atoms with van der Waals surface area (Å²) in [6.07, 6.45) is -0.0785. The lowest BCUT2D eigenvalue weighted by molar-refractivity contribution is -0.157. The SMILES string of the molecule is CC1(C)OCC(COCOC=O)O1. The summed E-state index contributed by atoms with van der Waals surface area (Å²) in [5.74, 6) is -0.528. The molecule has 5 heteroatoms. The summed E-state index contributed by atoms with van der Waals surface area (Å²) >= 11 is 0. The Morgan fingerprint density at radius 3 is 2.92 bits per heavy atom. The van der Waals surface area contributed by atoms with E-state index in [0.717, 1.165) is 0 Å². The molecular weight excluding hydrogens is 176 g/mol. The Bertz CT molecular complexity index is 168. The van der Waals surface area contributed by atoms with E-state index in [1.54, 1.807) is 0 Å². The van der Waals surface area contributed by atoms with Crippen LogP contribution in [0.1, 0.15) is 13.8 Å². The van der Waals surface area contributed by atoms with Crippen molar-refractivity contribution in [3.63, 3.8) is 0 Å². The first-order chi connectivity index (χ1) is 6.14. The molecule has 1 aliphatic rings. The van der Waals surface area contributed by atoms with Crippen molar-refractivity contribution in [2.45, 2.75) is 25.7 Å². The molecule has 0 aromatic rings. The van der Waals surface area contributed by atoms with Crippen molar-refractivity contribution in [1.82, 2.24) is 0 Å². The first-order valence-electron chi connectivity index (χ1n) is 4.09. The van der Waals surface area contributed by atoms with Gasteiger partial charge < -0.3 is 18.9 Å². The second-order valence-corrected chi connectivity index (χ2v) is 3.20. The molecule has 0 amide bonds. The van der Waals surface area contributed by atoms with Gasteiger partial charge >= 0.3 is 0 Å². The molecule has 0 bridgehead atoms. The van der Waals surface area contributed by atoms with Gasteiger partial charge in [0, 0.05) is 0 Å². The van der Waals surface area contributed by atoms with Gasteiger partial charge in [0.05, 0.1) is 13.2 Å². The quantitative estimate of drug-likeness (QED) is 0.354. The van der Waals surface area contributed by atoms with E-state index in [4.69, 9.17) is 14.2 Å². The fraction of sp³-hybridized carbons (Fsp3) is 0.875. The summed E-state index contributed by atoms with van der Waals surface area (Å²) in [5, 5.41) is 0. The van der Waals surface area contributed by atoms with E-state index in [1.807, 2.05) is 13.8 Å². The summed E-state index contributed by atoms with van der Waals surface area (Å²) in [4.78, 5) is 9.75. The Morgan fingerprint density at radius 2 is 2.38 bits per heavy atom. The van der Waals surface area contributed by atoms with Crippen LogP contribution in [0.4, 0.5) is 0 Å². The number of hydrogen-bond donors (Lipinski definition) is 0. The van der Waals surface area contributed by atoms with Crippen molar-refractivity contribution in [2.75, 3.05) is 20.0 Å². The van der Waals surface area contributed by atoms with Gasteiger partial charge in [0.15, 0.2) is 12.6 Å². The minimum absolute atomic E-state index is 0.0379. The number of rotatable bonds is 5. The molecule has 0 aromatic heterocycles. The summed E-state index contributed by atoms with van der Waals surface area (Å²) in [6, 6.07) is 0. The third kappa shape index (κ3) is 3.71. The van der Waals surface area contributed by atoms with Gasteiger partial charge in [-0.3, -0.25) is 4.79 Å². The van der Waals surface area contributed by atoms with Crippen LogP contribution in [-0.4, -0.2) is 38.4 Å². The maximum Gasteiger partial charge on any atom is 0.295 e.